The fraction of sp³-hybridized carbons (Fsp3) is 0.632. The summed E-state index contributed by atoms with van der Waals surface area (Å²) in [7, 11) is -0.321. The Morgan fingerprint density at radius 3 is 2.32 bits per heavy atom. The number of nitrogens with zero attached hydrogens (tertiary/aromatic N) is 3. The highest BCUT2D eigenvalue weighted by Gasteiger charge is 2.16. The minimum atomic E-state index is -3.39. The van der Waals surface area contributed by atoms with Crippen LogP contribution in [-0.4, -0.2) is 70.4 Å². The zero-order chi connectivity index (χ0) is 19.7. The largest absolute Gasteiger partial charge is 0.357 e. The molecular weight excluding hydrogens is 489 g/mol. The second-order valence-electron chi connectivity index (χ2n) is 6.96. The average molecular weight is 523 g/mol. The van der Waals surface area contributed by atoms with Gasteiger partial charge in [0.25, 0.3) is 0 Å². The molecule has 0 aromatic heterocycles. The van der Waals surface area contributed by atoms with Gasteiger partial charge in [-0.15, -0.1) is 24.0 Å². The summed E-state index contributed by atoms with van der Waals surface area (Å²) in [4.78, 5) is 7.40. The molecule has 1 saturated heterocycles. The molecule has 7 nitrogen and oxygen atoms in total. The van der Waals surface area contributed by atoms with Crippen LogP contribution in [0.5, 0.6) is 0 Å². The van der Waals surface area contributed by atoms with Crippen molar-refractivity contribution < 1.29 is 8.42 Å². The van der Waals surface area contributed by atoms with Gasteiger partial charge in [-0.1, -0.05) is 18.6 Å². The van der Waals surface area contributed by atoms with Crippen molar-refractivity contribution >= 4 is 40.0 Å². The normalized spacial score (nSPS) is 15.9. The van der Waals surface area contributed by atoms with Crippen LogP contribution in [0, 0.1) is 0 Å². The molecule has 1 aromatic rings. The molecule has 1 heterocycles. The number of hydrogen-bond acceptors (Lipinski definition) is 4. The maximum atomic E-state index is 12.1. The molecular formula is C19H34IN5O2S. The molecule has 0 aliphatic carbocycles. The van der Waals surface area contributed by atoms with E-state index in [9.17, 15) is 8.42 Å². The number of halogens is 1. The van der Waals surface area contributed by atoms with Crippen molar-refractivity contribution in [2.24, 2.45) is 4.99 Å². The Balaban J connectivity index is 0.00000392. The third kappa shape index (κ3) is 7.84. The van der Waals surface area contributed by atoms with Gasteiger partial charge < -0.3 is 15.5 Å². The number of hydrogen-bond donors (Lipinski definition) is 2. The number of likely N-dealkylation sites (tertiary alicyclic amines) is 1. The number of aliphatic imine (C=N–C) groups is 1. The van der Waals surface area contributed by atoms with E-state index in [1.807, 2.05) is 19.1 Å². The SMILES string of the molecule is CCNC(=NCc1ccc(S(=O)(=O)N(C)C)cc1)NCCN1CCCCC1.I. The van der Waals surface area contributed by atoms with Crippen LogP contribution in [0.2, 0.25) is 0 Å². The van der Waals surface area contributed by atoms with Gasteiger partial charge in [-0.3, -0.25) is 0 Å². The zero-order valence-corrected chi connectivity index (χ0v) is 20.3. The van der Waals surface area contributed by atoms with Crippen molar-refractivity contribution in [3.63, 3.8) is 0 Å². The second-order valence-corrected chi connectivity index (χ2v) is 9.11. The van der Waals surface area contributed by atoms with Crippen LogP contribution >= 0.6 is 24.0 Å². The van der Waals surface area contributed by atoms with Crippen LogP contribution in [0.25, 0.3) is 0 Å². The molecule has 1 aromatic carbocycles. The van der Waals surface area contributed by atoms with Crippen molar-refractivity contribution in [3.05, 3.63) is 29.8 Å². The monoisotopic (exact) mass is 523 g/mol. The van der Waals surface area contributed by atoms with Crippen LogP contribution in [0.3, 0.4) is 0 Å². The maximum Gasteiger partial charge on any atom is 0.242 e. The van der Waals surface area contributed by atoms with E-state index < -0.39 is 10.0 Å². The predicted octanol–water partition coefficient (Wildman–Crippen LogP) is 2.10. The Morgan fingerprint density at radius 2 is 1.75 bits per heavy atom. The molecule has 1 fully saturated rings. The summed E-state index contributed by atoms with van der Waals surface area (Å²) in [6, 6.07) is 6.90. The fourth-order valence-electron chi connectivity index (χ4n) is 3.01. The van der Waals surface area contributed by atoms with Crippen molar-refractivity contribution in [2.45, 2.75) is 37.6 Å². The molecule has 0 unspecified atom stereocenters. The van der Waals surface area contributed by atoms with Gasteiger partial charge in [0.15, 0.2) is 5.96 Å². The number of guanidine groups is 1. The number of rotatable bonds is 8. The van der Waals surface area contributed by atoms with E-state index in [0.29, 0.717) is 11.4 Å². The lowest BCUT2D eigenvalue weighted by Crippen LogP contribution is -2.42. The molecule has 2 rings (SSSR count). The van der Waals surface area contributed by atoms with Crippen LogP contribution in [-0.2, 0) is 16.6 Å². The third-order valence-electron chi connectivity index (χ3n) is 4.64. The van der Waals surface area contributed by atoms with Crippen LogP contribution in [0.15, 0.2) is 34.2 Å². The lowest BCUT2D eigenvalue weighted by atomic mass is 10.1. The van der Waals surface area contributed by atoms with Crippen molar-refractivity contribution in [1.82, 2.24) is 19.8 Å². The molecule has 0 amide bonds. The molecule has 9 heteroatoms. The first-order valence-electron chi connectivity index (χ1n) is 9.69. The second kappa shape index (κ2) is 12.6. The van der Waals surface area contributed by atoms with E-state index >= 15 is 0 Å². The first-order chi connectivity index (χ1) is 12.9. The molecule has 28 heavy (non-hydrogen) atoms. The standard InChI is InChI=1S/C19H33N5O2S.HI/c1-4-20-19(21-12-15-24-13-6-5-7-14-24)22-16-17-8-10-18(11-9-17)27(25,26)23(2)3;/h8-11H,4-7,12-16H2,1-3H3,(H2,20,21,22);1H. The van der Waals surface area contributed by atoms with Gasteiger partial charge in [0, 0.05) is 33.7 Å². The quantitative estimate of drug-likeness (QED) is 0.310. The topological polar surface area (TPSA) is 77.0 Å². The average Bonchev–Trinajstić information content (AvgIpc) is 2.67. The Bertz CT molecular complexity index is 702. The van der Waals surface area contributed by atoms with Crippen molar-refractivity contribution in [1.29, 1.82) is 0 Å². The fourth-order valence-corrected chi connectivity index (χ4v) is 3.91. The van der Waals surface area contributed by atoms with Crippen molar-refractivity contribution in [2.75, 3.05) is 46.8 Å². The Morgan fingerprint density at radius 1 is 1.11 bits per heavy atom. The minimum Gasteiger partial charge on any atom is -0.357 e. The van der Waals surface area contributed by atoms with E-state index in [1.165, 1.54) is 50.8 Å². The maximum absolute atomic E-state index is 12.1. The summed E-state index contributed by atoms with van der Waals surface area (Å²) in [6.07, 6.45) is 3.95. The lowest BCUT2D eigenvalue weighted by molar-refractivity contribution is 0.232. The summed E-state index contributed by atoms with van der Waals surface area (Å²) in [5, 5.41) is 6.64. The van der Waals surface area contributed by atoms with Crippen LogP contribution in [0.4, 0.5) is 0 Å². The van der Waals surface area contributed by atoms with Gasteiger partial charge in [0.1, 0.15) is 0 Å². The first kappa shape index (κ1) is 25.1. The zero-order valence-electron chi connectivity index (χ0n) is 17.1. The number of piperidine rings is 1. The molecule has 0 spiro atoms. The summed E-state index contributed by atoms with van der Waals surface area (Å²) in [5.74, 6) is 0.791. The highest BCUT2D eigenvalue weighted by atomic mass is 127. The molecule has 2 N–H and O–H groups in total. The summed E-state index contributed by atoms with van der Waals surface area (Å²) >= 11 is 0. The summed E-state index contributed by atoms with van der Waals surface area (Å²) in [6.45, 7) is 7.63. The Hall–Kier alpha value is -0.910. The smallest absolute Gasteiger partial charge is 0.242 e. The van der Waals surface area contributed by atoms with Gasteiger partial charge >= 0.3 is 0 Å². The van der Waals surface area contributed by atoms with Gasteiger partial charge in [-0.05, 0) is 50.6 Å². The van der Waals surface area contributed by atoms with E-state index in [1.54, 1.807) is 12.1 Å². The molecule has 0 saturated carbocycles. The minimum absolute atomic E-state index is 0. The van der Waals surface area contributed by atoms with Crippen LogP contribution < -0.4 is 10.6 Å². The van der Waals surface area contributed by atoms with Crippen molar-refractivity contribution in [3.8, 4) is 0 Å². The predicted molar refractivity (Wildman–Crippen MR) is 126 cm³/mol. The molecule has 1 aliphatic heterocycles. The van der Waals surface area contributed by atoms with E-state index in [4.69, 9.17) is 0 Å². The number of nitrogens with one attached hydrogen (secondary N) is 2. The third-order valence-corrected chi connectivity index (χ3v) is 6.46. The van der Waals surface area contributed by atoms with E-state index in [-0.39, 0.29) is 24.0 Å². The number of sulfonamides is 1. The Kier molecular flexibility index (Phi) is 11.3. The first-order valence-corrected chi connectivity index (χ1v) is 11.1. The molecule has 160 valence electrons. The van der Waals surface area contributed by atoms with Gasteiger partial charge in [-0.2, -0.15) is 0 Å². The van der Waals surface area contributed by atoms with Gasteiger partial charge in [-0.25, -0.2) is 17.7 Å². The molecule has 1 aliphatic rings. The van der Waals surface area contributed by atoms with E-state index in [2.05, 4.69) is 20.5 Å². The number of benzene rings is 1. The van der Waals surface area contributed by atoms with Gasteiger partial charge in [0.2, 0.25) is 10.0 Å². The Labute approximate surface area is 187 Å². The van der Waals surface area contributed by atoms with E-state index in [0.717, 1.165) is 31.2 Å². The molecule has 0 bridgehead atoms. The lowest BCUT2D eigenvalue weighted by Gasteiger charge is -2.26. The molecule has 0 radical (unpaired) electrons. The highest BCUT2D eigenvalue weighted by Crippen LogP contribution is 2.14. The highest BCUT2D eigenvalue weighted by molar-refractivity contribution is 14.0. The summed E-state index contributed by atoms with van der Waals surface area (Å²) in [5.41, 5.74) is 0.973. The summed E-state index contributed by atoms with van der Waals surface area (Å²) < 4.78 is 25.5. The van der Waals surface area contributed by atoms with Crippen LogP contribution in [0.1, 0.15) is 31.7 Å². The molecule has 0 atom stereocenters. The van der Waals surface area contributed by atoms with Gasteiger partial charge in [0.05, 0.1) is 11.4 Å².